The molecule has 6 heteroatoms. The molecule has 1 aliphatic carbocycles. The number of aryl methyl sites for hydroxylation is 1. The molecule has 1 saturated heterocycles. The van der Waals surface area contributed by atoms with Gasteiger partial charge >= 0.3 is 0 Å². The van der Waals surface area contributed by atoms with E-state index in [2.05, 4.69) is 10.3 Å². The Hall–Kier alpha value is -1.43. The van der Waals surface area contributed by atoms with Crippen molar-refractivity contribution >= 4 is 28.3 Å². The Morgan fingerprint density at radius 3 is 3.00 bits per heavy atom. The van der Waals surface area contributed by atoms with Gasteiger partial charge in [-0.3, -0.25) is 9.59 Å². The van der Waals surface area contributed by atoms with Gasteiger partial charge in [0.2, 0.25) is 11.8 Å². The Morgan fingerprint density at radius 1 is 1.58 bits per heavy atom. The summed E-state index contributed by atoms with van der Waals surface area (Å²) in [6.07, 6.45) is 2.78. The molecule has 1 aromatic rings. The fourth-order valence-corrected chi connectivity index (χ4v) is 3.05. The van der Waals surface area contributed by atoms with Crippen LogP contribution >= 0.6 is 11.3 Å². The Bertz CT molecular complexity index is 510. The van der Waals surface area contributed by atoms with Crippen molar-refractivity contribution in [1.29, 1.82) is 0 Å². The molecular weight excluding hydrogens is 262 g/mol. The van der Waals surface area contributed by atoms with Crippen molar-refractivity contribution in [2.45, 2.75) is 26.2 Å². The first-order chi connectivity index (χ1) is 9.11. The lowest BCUT2D eigenvalue weighted by molar-refractivity contribution is -0.128. The van der Waals surface area contributed by atoms with Gasteiger partial charge < -0.3 is 10.2 Å². The summed E-state index contributed by atoms with van der Waals surface area (Å²) in [4.78, 5) is 30.0. The fraction of sp³-hybridized carbons (Fsp3) is 0.615. The van der Waals surface area contributed by atoms with Crippen molar-refractivity contribution in [2.75, 3.05) is 18.4 Å². The average Bonchev–Trinajstić information content (AvgIpc) is 2.97. The van der Waals surface area contributed by atoms with Crippen molar-refractivity contribution in [3.05, 3.63) is 11.1 Å². The van der Waals surface area contributed by atoms with E-state index < -0.39 is 0 Å². The maximum atomic E-state index is 12.1. The molecule has 102 valence electrons. The number of hydrogen-bond acceptors (Lipinski definition) is 4. The van der Waals surface area contributed by atoms with Crippen LogP contribution in [0, 0.1) is 18.8 Å². The van der Waals surface area contributed by atoms with E-state index in [1.165, 1.54) is 24.2 Å². The fourth-order valence-electron chi connectivity index (χ4n) is 2.36. The molecular formula is C13H17N3O2S. The molecule has 1 N–H and O–H groups in total. The van der Waals surface area contributed by atoms with E-state index in [0.717, 1.165) is 12.2 Å². The lowest BCUT2D eigenvalue weighted by atomic mass is 10.1. The average molecular weight is 279 g/mol. The molecule has 2 amide bonds. The van der Waals surface area contributed by atoms with Crippen LogP contribution in [0.1, 0.15) is 25.0 Å². The van der Waals surface area contributed by atoms with Gasteiger partial charge in [-0.05, 0) is 25.7 Å². The topological polar surface area (TPSA) is 62.3 Å². The smallest absolute Gasteiger partial charge is 0.231 e. The maximum absolute atomic E-state index is 12.1. The second-order valence-corrected chi connectivity index (χ2v) is 6.28. The van der Waals surface area contributed by atoms with E-state index in [1.54, 1.807) is 0 Å². The Morgan fingerprint density at radius 2 is 2.37 bits per heavy atom. The minimum atomic E-state index is -0.226. The van der Waals surface area contributed by atoms with Crippen molar-refractivity contribution in [3.63, 3.8) is 0 Å². The first-order valence-corrected chi connectivity index (χ1v) is 7.50. The second kappa shape index (κ2) is 4.92. The molecule has 2 heterocycles. The number of aromatic nitrogens is 1. The van der Waals surface area contributed by atoms with Crippen LogP contribution in [0.25, 0.3) is 0 Å². The number of nitrogens with zero attached hydrogens (tertiary/aromatic N) is 2. The predicted molar refractivity (Wildman–Crippen MR) is 72.9 cm³/mol. The summed E-state index contributed by atoms with van der Waals surface area (Å²) < 4.78 is 0. The van der Waals surface area contributed by atoms with Crippen molar-refractivity contribution in [2.24, 2.45) is 11.8 Å². The minimum absolute atomic E-state index is 0.0824. The number of anilines is 1. The van der Waals surface area contributed by atoms with Crippen LogP contribution in [0.15, 0.2) is 5.38 Å². The normalized spacial score (nSPS) is 22.9. The summed E-state index contributed by atoms with van der Waals surface area (Å²) in [5, 5.41) is 5.32. The number of carbonyl (C=O) groups excluding carboxylic acids is 2. The summed E-state index contributed by atoms with van der Waals surface area (Å²) in [7, 11) is 0. The molecule has 0 aromatic carbocycles. The molecule has 19 heavy (non-hydrogen) atoms. The van der Waals surface area contributed by atoms with Crippen LogP contribution in [-0.4, -0.2) is 34.8 Å². The number of hydrogen-bond donors (Lipinski definition) is 1. The van der Waals surface area contributed by atoms with Crippen molar-refractivity contribution < 1.29 is 9.59 Å². The van der Waals surface area contributed by atoms with E-state index in [-0.39, 0.29) is 17.7 Å². The molecule has 0 spiro atoms. The van der Waals surface area contributed by atoms with Crippen LogP contribution in [0.3, 0.4) is 0 Å². The molecule has 0 unspecified atom stereocenters. The van der Waals surface area contributed by atoms with Gasteiger partial charge in [0.1, 0.15) is 0 Å². The SMILES string of the molecule is Cc1csc(NC(=O)[C@H]2CC(=O)N(CC3CC3)C2)n1. The van der Waals surface area contributed by atoms with Gasteiger partial charge in [0.25, 0.3) is 0 Å². The van der Waals surface area contributed by atoms with Gasteiger partial charge in [-0.15, -0.1) is 11.3 Å². The summed E-state index contributed by atoms with van der Waals surface area (Å²) in [5.74, 6) is 0.478. The number of carbonyl (C=O) groups is 2. The molecule has 0 bridgehead atoms. The lowest BCUT2D eigenvalue weighted by Gasteiger charge is -2.15. The lowest BCUT2D eigenvalue weighted by Crippen LogP contribution is -2.29. The highest BCUT2D eigenvalue weighted by Gasteiger charge is 2.37. The first kappa shape index (κ1) is 12.6. The molecule has 1 aliphatic heterocycles. The molecule has 1 aromatic heterocycles. The Labute approximate surface area is 116 Å². The summed E-state index contributed by atoms with van der Waals surface area (Å²) in [6.45, 7) is 3.28. The van der Waals surface area contributed by atoms with Gasteiger partial charge in [-0.25, -0.2) is 4.98 Å². The van der Waals surface area contributed by atoms with E-state index in [0.29, 0.717) is 24.0 Å². The number of likely N-dealkylation sites (tertiary alicyclic amines) is 1. The zero-order valence-electron chi connectivity index (χ0n) is 10.9. The standard InChI is InChI=1S/C13H17N3O2S/c1-8-7-19-13(14-8)15-12(18)10-4-11(17)16(6-10)5-9-2-3-9/h7,9-10H,2-6H2,1H3,(H,14,15,18)/t10-/m0/s1. The highest BCUT2D eigenvalue weighted by molar-refractivity contribution is 7.13. The third-order valence-corrected chi connectivity index (χ3v) is 4.49. The highest BCUT2D eigenvalue weighted by atomic mass is 32.1. The molecule has 5 nitrogen and oxygen atoms in total. The van der Waals surface area contributed by atoms with Crippen LogP contribution < -0.4 is 5.32 Å². The number of rotatable bonds is 4. The zero-order chi connectivity index (χ0) is 13.4. The third-order valence-electron chi connectivity index (χ3n) is 3.61. The van der Waals surface area contributed by atoms with Gasteiger partial charge in [0.15, 0.2) is 5.13 Å². The van der Waals surface area contributed by atoms with E-state index >= 15 is 0 Å². The minimum Gasteiger partial charge on any atom is -0.342 e. The van der Waals surface area contributed by atoms with Gasteiger partial charge in [0.05, 0.1) is 11.6 Å². The monoisotopic (exact) mass is 279 g/mol. The van der Waals surface area contributed by atoms with Crippen LogP contribution in [0.4, 0.5) is 5.13 Å². The Balaban J connectivity index is 1.57. The first-order valence-electron chi connectivity index (χ1n) is 6.62. The quantitative estimate of drug-likeness (QED) is 0.911. The highest BCUT2D eigenvalue weighted by Crippen LogP contribution is 2.32. The van der Waals surface area contributed by atoms with Crippen LogP contribution in [0.2, 0.25) is 0 Å². The molecule has 2 aliphatic rings. The molecule has 2 fully saturated rings. The predicted octanol–water partition coefficient (Wildman–Crippen LogP) is 1.65. The molecule has 3 rings (SSSR count). The molecule has 1 atom stereocenters. The maximum Gasteiger partial charge on any atom is 0.231 e. The molecule has 1 saturated carbocycles. The summed E-state index contributed by atoms with van der Waals surface area (Å²) >= 11 is 1.42. The van der Waals surface area contributed by atoms with Gasteiger partial charge in [0, 0.05) is 24.9 Å². The number of thiazole rings is 1. The third kappa shape index (κ3) is 2.94. The van der Waals surface area contributed by atoms with E-state index in [9.17, 15) is 9.59 Å². The van der Waals surface area contributed by atoms with Crippen molar-refractivity contribution in [3.8, 4) is 0 Å². The van der Waals surface area contributed by atoms with Crippen molar-refractivity contribution in [1.82, 2.24) is 9.88 Å². The Kier molecular flexibility index (Phi) is 3.26. The summed E-state index contributed by atoms with van der Waals surface area (Å²) in [5.41, 5.74) is 0.901. The van der Waals surface area contributed by atoms with E-state index in [1.807, 2.05) is 17.2 Å². The number of nitrogens with one attached hydrogen (secondary N) is 1. The largest absolute Gasteiger partial charge is 0.342 e. The van der Waals surface area contributed by atoms with Crippen LogP contribution in [0.5, 0.6) is 0 Å². The van der Waals surface area contributed by atoms with Crippen LogP contribution in [-0.2, 0) is 9.59 Å². The second-order valence-electron chi connectivity index (χ2n) is 5.43. The van der Waals surface area contributed by atoms with Gasteiger partial charge in [-0.1, -0.05) is 0 Å². The number of amides is 2. The van der Waals surface area contributed by atoms with Gasteiger partial charge in [-0.2, -0.15) is 0 Å². The van der Waals surface area contributed by atoms with E-state index in [4.69, 9.17) is 0 Å². The molecule has 0 radical (unpaired) electrons. The summed E-state index contributed by atoms with van der Waals surface area (Å²) in [6, 6.07) is 0. The zero-order valence-corrected chi connectivity index (χ0v) is 11.7.